The third-order valence-electron chi connectivity index (χ3n) is 2.65. The lowest BCUT2D eigenvalue weighted by atomic mass is 10.1. The molecule has 6 N–H and O–H groups in total. The third-order valence-corrected chi connectivity index (χ3v) is 2.65. The maximum Gasteiger partial charge on any atom is 0.357 e. The average Bonchev–Trinajstić information content (AvgIpc) is 2.53. The molecule has 1 heterocycles. The molecule has 21 heavy (non-hydrogen) atoms. The molecule has 0 fully saturated rings. The van der Waals surface area contributed by atoms with Gasteiger partial charge in [0, 0.05) is 18.0 Å². The highest BCUT2D eigenvalue weighted by atomic mass is 16.5. The molecule has 2 rings (SSSR count). The van der Waals surface area contributed by atoms with Gasteiger partial charge in [-0.1, -0.05) is 18.2 Å². The summed E-state index contributed by atoms with van der Waals surface area (Å²) in [7, 11) is 0. The van der Waals surface area contributed by atoms with Crippen LogP contribution in [0.1, 0.15) is 0 Å². The van der Waals surface area contributed by atoms with Crippen LogP contribution in [0.2, 0.25) is 0 Å². The second kappa shape index (κ2) is 6.40. The summed E-state index contributed by atoms with van der Waals surface area (Å²) in [6.45, 7) is 0. The Morgan fingerprint density at radius 2 is 2.00 bits per heavy atom. The molecular formula is C14H14N4O3. The molecule has 0 amide bonds. The second-order valence-corrected chi connectivity index (χ2v) is 4.06. The molecule has 0 radical (unpaired) electrons. The SMILES string of the molecule is NN/C(Oc1cccc(-c2cccnc2)c1)=C(\N)C(=O)O. The van der Waals surface area contributed by atoms with E-state index in [2.05, 4.69) is 10.4 Å². The molecule has 7 heteroatoms. The van der Waals surface area contributed by atoms with Crippen molar-refractivity contribution in [3.8, 4) is 16.9 Å². The van der Waals surface area contributed by atoms with Crippen LogP contribution >= 0.6 is 0 Å². The smallest absolute Gasteiger partial charge is 0.357 e. The van der Waals surface area contributed by atoms with E-state index in [1.165, 1.54) is 0 Å². The van der Waals surface area contributed by atoms with Crippen molar-refractivity contribution in [3.05, 3.63) is 60.4 Å². The van der Waals surface area contributed by atoms with Gasteiger partial charge in [0.1, 0.15) is 5.75 Å². The van der Waals surface area contributed by atoms with Crippen LogP contribution in [-0.2, 0) is 4.79 Å². The van der Waals surface area contributed by atoms with E-state index in [4.69, 9.17) is 21.4 Å². The first-order valence-corrected chi connectivity index (χ1v) is 6.00. The Hall–Kier alpha value is -3.06. The summed E-state index contributed by atoms with van der Waals surface area (Å²) in [5.74, 6) is 4.06. The van der Waals surface area contributed by atoms with Crippen LogP contribution in [0, 0.1) is 0 Å². The van der Waals surface area contributed by atoms with Crippen LogP contribution in [0.3, 0.4) is 0 Å². The molecule has 1 aromatic heterocycles. The number of hydrogen-bond acceptors (Lipinski definition) is 6. The molecule has 0 saturated heterocycles. The van der Waals surface area contributed by atoms with Crippen molar-refractivity contribution in [3.63, 3.8) is 0 Å². The molecule has 0 atom stereocenters. The van der Waals surface area contributed by atoms with Crippen molar-refractivity contribution >= 4 is 5.97 Å². The first-order chi connectivity index (χ1) is 10.1. The molecular weight excluding hydrogens is 272 g/mol. The molecule has 2 aromatic rings. The number of carboxylic acid groups (broad SMARTS) is 1. The quantitative estimate of drug-likeness (QED) is 0.277. The number of nitrogens with zero attached hydrogens (tertiary/aromatic N) is 1. The molecule has 0 aliphatic rings. The predicted molar refractivity (Wildman–Crippen MR) is 76.5 cm³/mol. The summed E-state index contributed by atoms with van der Waals surface area (Å²) in [5, 5.41) is 8.83. The largest absolute Gasteiger partial charge is 0.476 e. The van der Waals surface area contributed by atoms with Gasteiger partial charge in [0.05, 0.1) is 0 Å². The van der Waals surface area contributed by atoms with E-state index in [9.17, 15) is 4.79 Å². The highest BCUT2D eigenvalue weighted by Crippen LogP contribution is 2.24. The van der Waals surface area contributed by atoms with Gasteiger partial charge in [-0.2, -0.15) is 0 Å². The molecule has 0 unspecified atom stereocenters. The fourth-order valence-corrected chi connectivity index (χ4v) is 1.65. The number of hydrazine groups is 1. The van der Waals surface area contributed by atoms with Gasteiger partial charge in [0.2, 0.25) is 5.88 Å². The lowest BCUT2D eigenvalue weighted by molar-refractivity contribution is -0.132. The van der Waals surface area contributed by atoms with E-state index >= 15 is 0 Å². The van der Waals surface area contributed by atoms with E-state index in [0.29, 0.717) is 5.75 Å². The zero-order chi connectivity index (χ0) is 15.2. The molecule has 0 saturated carbocycles. The van der Waals surface area contributed by atoms with Crippen molar-refractivity contribution in [2.75, 3.05) is 0 Å². The highest BCUT2D eigenvalue weighted by molar-refractivity contribution is 5.85. The van der Waals surface area contributed by atoms with Gasteiger partial charge in [-0.05, 0) is 23.8 Å². The number of carbonyl (C=O) groups is 1. The summed E-state index contributed by atoms with van der Waals surface area (Å²) < 4.78 is 5.37. The Morgan fingerprint density at radius 1 is 1.24 bits per heavy atom. The van der Waals surface area contributed by atoms with Gasteiger partial charge < -0.3 is 15.6 Å². The van der Waals surface area contributed by atoms with E-state index in [1.807, 2.05) is 18.2 Å². The van der Waals surface area contributed by atoms with Crippen LogP contribution < -0.4 is 21.7 Å². The zero-order valence-electron chi connectivity index (χ0n) is 11.0. The van der Waals surface area contributed by atoms with E-state index in [0.717, 1.165) is 11.1 Å². The number of nitrogens with two attached hydrogens (primary N) is 2. The molecule has 1 aromatic carbocycles. The molecule has 108 valence electrons. The van der Waals surface area contributed by atoms with Crippen LogP contribution in [0.5, 0.6) is 5.75 Å². The van der Waals surface area contributed by atoms with Crippen LogP contribution in [0.25, 0.3) is 11.1 Å². The number of carboxylic acids is 1. The molecule has 0 aliphatic heterocycles. The summed E-state index contributed by atoms with van der Waals surface area (Å²) in [5.41, 5.74) is 8.76. The Kier molecular flexibility index (Phi) is 4.37. The van der Waals surface area contributed by atoms with Gasteiger partial charge in [0.25, 0.3) is 0 Å². The zero-order valence-corrected chi connectivity index (χ0v) is 11.0. The Labute approximate surface area is 120 Å². The van der Waals surface area contributed by atoms with E-state index in [-0.39, 0.29) is 5.88 Å². The number of hydrogen-bond donors (Lipinski definition) is 4. The minimum absolute atomic E-state index is 0.231. The van der Waals surface area contributed by atoms with Crippen molar-refractivity contribution in [1.82, 2.24) is 10.4 Å². The van der Waals surface area contributed by atoms with E-state index < -0.39 is 11.7 Å². The lowest BCUT2D eigenvalue weighted by Crippen LogP contribution is -2.31. The monoisotopic (exact) mass is 286 g/mol. The minimum atomic E-state index is -1.33. The maximum absolute atomic E-state index is 10.8. The van der Waals surface area contributed by atoms with Gasteiger partial charge in [-0.15, -0.1) is 0 Å². The molecule has 0 aliphatic carbocycles. The number of aliphatic carboxylic acids is 1. The van der Waals surface area contributed by atoms with Crippen LogP contribution in [0.15, 0.2) is 60.4 Å². The van der Waals surface area contributed by atoms with Crippen LogP contribution in [0.4, 0.5) is 0 Å². The Bertz CT molecular complexity index is 671. The lowest BCUT2D eigenvalue weighted by Gasteiger charge is -2.11. The normalized spacial score (nSPS) is 11.5. The van der Waals surface area contributed by atoms with Gasteiger partial charge >= 0.3 is 5.97 Å². The maximum atomic E-state index is 10.8. The predicted octanol–water partition coefficient (Wildman–Crippen LogP) is 0.803. The van der Waals surface area contributed by atoms with Gasteiger partial charge in [0.15, 0.2) is 5.70 Å². The van der Waals surface area contributed by atoms with E-state index in [1.54, 1.807) is 30.6 Å². The summed E-state index contributed by atoms with van der Waals surface area (Å²) in [4.78, 5) is 14.9. The number of nitrogens with one attached hydrogen (secondary N) is 1. The topological polar surface area (TPSA) is 123 Å². The molecule has 0 bridgehead atoms. The summed E-state index contributed by atoms with van der Waals surface area (Å²) in [6, 6.07) is 10.7. The minimum Gasteiger partial charge on any atom is -0.476 e. The standard InChI is InChI=1S/C14H14N4O3/c15-12(14(19)20)13(18-16)21-11-5-1-3-9(7-11)10-4-2-6-17-8-10/h1-8,18H,15-16H2,(H,19,20)/b13-12+. The third kappa shape index (κ3) is 3.48. The highest BCUT2D eigenvalue weighted by Gasteiger charge is 2.12. The number of pyridine rings is 1. The van der Waals surface area contributed by atoms with Gasteiger partial charge in [-0.25, -0.2) is 10.6 Å². The summed E-state index contributed by atoms with van der Waals surface area (Å²) in [6.07, 6.45) is 3.39. The fourth-order valence-electron chi connectivity index (χ4n) is 1.65. The average molecular weight is 286 g/mol. The van der Waals surface area contributed by atoms with Crippen LogP contribution in [-0.4, -0.2) is 16.1 Å². The second-order valence-electron chi connectivity index (χ2n) is 4.06. The number of ether oxygens (including phenoxy) is 1. The number of benzene rings is 1. The molecule has 7 nitrogen and oxygen atoms in total. The first kappa shape index (κ1) is 14.4. The van der Waals surface area contributed by atoms with Gasteiger partial charge in [-0.3, -0.25) is 10.4 Å². The molecule has 0 spiro atoms. The number of aromatic nitrogens is 1. The Morgan fingerprint density at radius 3 is 2.62 bits per heavy atom. The first-order valence-electron chi connectivity index (χ1n) is 6.00. The fraction of sp³-hybridized carbons (Fsp3) is 0. The van der Waals surface area contributed by atoms with Crippen molar-refractivity contribution in [1.29, 1.82) is 0 Å². The Balaban J connectivity index is 2.30. The van der Waals surface area contributed by atoms with Crippen molar-refractivity contribution in [2.45, 2.75) is 0 Å². The van der Waals surface area contributed by atoms with Crippen molar-refractivity contribution in [2.24, 2.45) is 11.6 Å². The van der Waals surface area contributed by atoms with Crippen molar-refractivity contribution < 1.29 is 14.6 Å². The number of rotatable bonds is 5. The summed E-state index contributed by atoms with van der Waals surface area (Å²) >= 11 is 0.